The molecule has 5 unspecified atom stereocenters. The maximum absolute atomic E-state index is 13.1. The summed E-state index contributed by atoms with van der Waals surface area (Å²) in [7, 11) is -9.94. The fraction of sp³-hybridized carbons (Fsp3) is 0.823. The molecule has 0 aliphatic carbocycles. The van der Waals surface area contributed by atoms with Gasteiger partial charge in [0.05, 0.1) is 26.4 Å². The van der Waals surface area contributed by atoms with Crippen molar-refractivity contribution in [1.82, 2.24) is 0 Å². The number of aliphatic hydroxyl groups is 1. The zero-order valence-corrected chi connectivity index (χ0v) is 64.3. The van der Waals surface area contributed by atoms with Crippen LogP contribution >= 0.6 is 15.6 Å². The average molecular weight is 1430 g/mol. The van der Waals surface area contributed by atoms with Crippen LogP contribution < -0.4 is 0 Å². The van der Waals surface area contributed by atoms with Gasteiger partial charge in [0.2, 0.25) is 0 Å². The van der Waals surface area contributed by atoms with E-state index in [9.17, 15) is 43.2 Å². The third-order valence-corrected chi connectivity index (χ3v) is 18.9. The summed E-state index contributed by atoms with van der Waals surface area (Å²) < 4.78 is 68.5. The maximum atomic E-state index is 13.1. The first-order valence-corrected chi connectivity index (χ1v) is 42.5. The van der Waals surface area contributed by atoms with Crippen LogP contribution in [-0.4, -0.2) is 96.7 Å². The molecule has 0 bridgehead atoms. The molecule has 0 aromatic heterocycles. The van der Waals surface area contributed by atoms with E-state index in [0.29, 0.717) is 32.1 Å². The Morgan fingerprint density at radius 3 is 0.816 bits per heavy atom. The van der Waals surface area contributed by atoms with Gasteiger partial charge in [-0.15, -0.1) is 0 Å². The van der Waals surface area contributed by atoms with Gasteiger partial charge >= 0.3 is 39.5 Å². The van der Waals surface area contributed by atoms with Crippen LogP contribution in [0.15, 0.2) is 60.8 Å². The van der Waals surface area contributed by atoms with Crippen LogP contribution in [0.5, 0.6) is 0 Å². The number of hydrogen-bond acceptors (Lipinski definition) is 15. The zero-order chi connectivity index (χ0) is 71.8. The van der Waals surface area contributed by atoms with Crippen LogP contribution in [0.3, 0.4) is 0 Å². The van der Waals surface area contributed by atoms with Crippen molar-refractivity contribution in [3.63, 3.8) is 0 Å². The number of carbonyl (C=O) groups is 4. The van der Waals surface area contributed by atoms with Gasteiger partial charge in [0.25, 0.3) is 0 Å². The molecule has 0 fully saturated rings. The summed E-state index contributed by atoms with van der Waals surface area (Å²) in [6.07, 6.45) is 70.7. The largest absolute Gasteiger partial charge is 0.472 e. The average Bonchev–Trinajstić information content (AvgIpc) is 0.986. The van der Waals surface area contributed by atoms with Crippen molar-refractivity contribution in [2.75, 3.05) is 39.6 Å². The molecule has 0 saturated carbocycles. The Balaban J connectivity index is 5.32. The maximum Gasteiger partial charge on any atom is 0.472 e. The van der Waals surface area contributed by atoms with E-state index in [1.165, 1.54) is 173 Å². The Bertz CT molecular complexity index is 2100. The monoisotopic (exact) mass is 1430 g/mol. The van der Waals surface area contributed by atoms with Crippen molar-refractivity contribution < 1.29 is 80.2 Å². The number of phosphoric ester groups is 2. The van der Waals surface area contributed by atoms with Crippen molar-refractivity contribution in [1.29, 1.82) is 0 Å². The minimum atomic E-state index is -4.98. The second-order valence-electron chi connectivity index (χ2n) is 26.6. The number of aliphatic hydroxyl groups excluding tert-OH is 1. The highest BCUT2D eigenvalue weighted by atomic mass is 31.2. The molecule has 0 spiro atoms. The molecule has 0 aromatic carbocycles. The molecule has 3 N–H and O–H groups in total. The first-order chi connectivity index (χ1) is 47.7. The molecule has 0 heterocycles. The Morgan fingerprint density at radius 1 is 0.296 bits per heavy atom. The van der Waals surface area contributed by atoms with Gasteiger partial charge in [-0.25, -0.2) is 9.13 Å². The highest BCUT2D eigenvalue weighted by Crippen LogP contribution is 2.45. The predicted molar refractivity (Wildman–Crippen MR) is 400 cm³/mol. The summed E-state index contributed by atoms with van der Waals surface area (Å²) in [6.45, 7) is 4.77. The van der Waals surface area contributed by atoms with Crippen molar-refractivity contribution >= 4 is 39.5 Å². The highest BCUT2D eigenvalue weighted by Gasteiger charge is 2.30. The van der Waals surface area contributed by atoms with Crippen molar-refractivity contribution in [2.45, 2.75) is 380 Å². The Hall–Kier alpha value is -3.24. The summed E-state index contributed by atoms with van der Waals surface area (Å²) in [4.78, 5) is 72.9. The summed E-state index contributed by atoms with van der Waals surface area (Å²) in [5.74, 6) is -2.20. The van der Waals surface area contributed by atoms with E-state index in [1.54, 1.807) is 0 Å². The first kappa shape index (κ1) is 94.8. The lowest BCUT2D eigenvalue weighted by Gasteiger charge is -2.21. The second-order valence-corrected chi connectivity index (χ2v) is 29.6. The molecule has 0 aliphatic rings. The standard InChI is InChI=1S/C79H144O17P2/c1-5-9-13-17-21-25-29-32-35-36-39-41-45-48-52-56-60-64-77(82)89-69-74(95-78(83)65-61-57-53-49-43-28-24-20-16-12-8-4)71-93-97(85,86)91-67-73(80)68-92-98(87,88)94-72-75(96-79(84)66-62-58-54-50-46-42-38-34-31-27-23-19-15-11-7-3)70-90-76(81)63-59-55-51-47-44-40-37-33-30-26-22-18-14-10-6-2/h9,13,21,25,32,35,39,41,48,52,73-75,80H,5-8,10-12,14-20,22-24,26-31,33-34,36-38,40,42-47,49-51,53-72H2,1-4H3,(H,85,86)(H,87,88)/b13-9-,25-21-,35-32-,41-39-,52-48-. The van der Waals surface area contributed by atoms with Crippen LogP contribution in [0.2, 0.25) is 0 Å². The van der Waals surface area contributed by atoms with Gasteiger partial charge in [0.15, 0.2) is 12.2 Å². The van der Waals surface area contributed by atoms with Crippen LogP contribution in [-0.2, 0) is 65.4 Å². The van der Waals surface area contributed by atoms with E-state index in [0.717, 1.165) is 103 Å². The minimum Gasteiger partial charge on any atom is -0.462 e. The van der Waals surface area contributed by atoms with Crippen LogP contribution in [0.25, 0.3) is 0 Å². The number of carbonyl (C=O) groups excluding carboxylic acids is 4. The van der Waals surface area contributed by atoms with Gasteiger partial charge in [-0.2, -0.15) is 0 Å². The SMILES string of the molecule is CC/C=C\C/C=C\C/C=C\C/C=C\C/C=C\CCCC(=O)OCC(COP(=O)(O)OCC(O)COP(=O)(O)OCC(COC(=O)CCCCCCCCCCCCCCCCC)OC(=O)CCCCCCCCCCCCCCCCC)OC(=O)CCCCCCCCCCCCC. The summed E-state index contributed by atoms with van der Waals surface area (Å²) in [5, 5.41) is 10.6. The molecule has 0 rings (SSSR count). The van der Waals surface area contributed by atoms with Crippen molar-refractivity contribution in [3.8, 4) is 0 Å². The van der Waals surface area contributed by atoms with E-state index < -0.39 is 97.5 Å². The van der Waals surface area contributed by atoms with E-state index in [2.05, 4.69) is 76.3 Å². The number of rotatable bonds is 75. The fourth-order valence-corrected chi connectivity index (χ4v) is 12.6. The molecule has 0 aromatic rings. The normalized spacial score (nSPS) is 14.2. The lowest BCUT2D eigenvalue weighted by Crippen LogP contribution is -2.30. The zero-order valence-electron chi connectivity index (χ0n) is 62.5. The van der Waals surface area contributed by atoms with Crippen LogP contribution in [0, 0.1) is 0 Å². The predicted octanol–water partition coefficient (Wildman–Crippen LogP) is 22.7. The van der Waals surface area contributed by atoms with Crippen molar-refractivity contribution in [2.24, 2.45) is 0 Å². The van der Waals surface area contributed by atoms with Gasteiger partial charge in [-0.1, -0.05) is 332 Å². The van der Waals surface area contributed by atoms with E-state index in [4.69, 9.17) is 37.0 Å². The molecule has 0 aliphatic heterocycles. The number of ether oxygens (including phenoxy) is 4. The topological polar surface area (TPSA) is 237 Å². The van der Waals surface area contributed by atoms with Crippen LogP contribution in [0.4, 0.5) is 0 Å². The summed E-state index contributed by atoms with van der Waals surface area (Å²) in [5.41, 5.74) is 0. The smallest absolute Gasteiger partial charge is 0.462 e. The van der Waals surface area contributed by atoms with E-state index in [-0.39, 0.29) is 25.7 Å². The molecule has 17 nitrogen and oxygen atoms in total. The van der Waals surface area contributed by atoms with Crippen molar-refractivity contribution in [3.05, 3.63) is 60.8 Å². The molecule has 0 radical (unpaired) electrons. The number of unbranched alkanes of at least 4 members (excludes halogenated alkanes) is 39. The molecule has 19 heteroatoms. The third kappa shape index (κ3) is 71.2. The highest BCUT2D eigenvalue weighted by molar-refractivity contribution is 7.47. The van der Waals surface area contributed by atoms with Gasteiger partial charge in [0.1, 0.15) is 19.3 Å². The first-order valence-electron chi connectivity index (χ1n) is 39.5. The van der Waals surface area contributed by atoms with Gasteiger partial charge in [0, 0.05) is 25.7 Å². The number of esters is 4. The van der Waals surface area contributed by atoms with E-state index in [1.807, 2.05) is 12.2 Å². The lowest BCUT2D eigenvalue weighted by atomic mass is 10.0. The Labute approximate surface area is 597 Å². The van der Waals surface area contributed by atoms with Gasteiger partial charge < -0.3 is 33.8 Å². The molecule has 572 valence electrons. The third-order valence-electron chi connectivity index (χ3n) is 17.0. The Kier molecular flexibility index (Phi) is 69.7. The molecular weight excluding hydrogens is 1280 g/mol. The number of hydrogen-bond donors (Lipinski definition) is 3. The molecule has 0 amide bonds. The fourth-order valence-electron chi connectivity index (χ4n) is 11.0. The molecule has 98 heavy (non-hydrogen) atoms. The number of phosphoric acid groups is 2. The summed E-state index contributed by atoms with van der Waals surface area (Å²) >= 11 is 0. The van der Waals surface area contributed by atoms with Gasteiger partial charge in [-0.3, -0.25) is 37.3 Å². The molecular formula is C79H144O17P2. The quantitative estimate of drug-likeness (QED) is 0.0169. The molecule has 5 atom stereocenters. The minimum absolute atomic E-state index is 0.0879. The summed E-state index contributed by atoms with van der Waals surface area (Å²) in [6, 6.07) is 0. The van der Waals surface area contributed by atoms with E-state index >= 15 is 0 Å². The van der Waals surface area contributed by atoms with Crippen LogP contribution in [0.1, 0.15) is 362 Å². The number of allylic oxidation sites excluding steroid dienone is 10. The molecule has 0 saturated heterocycles. The Morgan fingerprint density at radius 2 is 0.531 bits per heavy atom. The van der Waals surface area contributed by atoms with Gasteiger partial charge in [-0.05, 0) is 64.2 Å². The second kappa shape index (κ2) is 72.1. The lowest BCUT2D eigenvalue weighted by molar-refractivity contribution is -0.161.